The molecule has 0 spiro atoms. The molecule has 2 heterocycles. The molecule has 1 aliphatic carbocycles. The number of hydrogen-bond acceptors (Lipinski definition) is 6. The molecule has 2 aliphatic rings. The molecular formula is C24H27NO5S. The first-order valence-electron chi connectivity index (χ1n) is 10.5. The number of likely N-dealkylation sites (tertiary alicyclic amines) is 1. The van der Waals surface area contributed by atoms with Crippen LogP contribution in [0, 0.1) is 6.92 Å². The number of carbonyl (C=O) groups is 2. The summed E-state index contributed by atoms with van der Waals surface area (Å²) in [5, 5.41) is 13.4. The van der Waals surface area contributed by atoms with Crippen LogP contribution in [-0.4, -0.2) is 42.0 Å². The molecule has 1 atom stereocenters. The SMILES string of the molecule is COc1cccc(OC)c1/C(O)=C1\C(=O)C(=O)N(C2CCCCC2)C1c1sccc1C. The third-order valence-electron chi connectivity index (χ3n) is 6.26. The van der Waals surface area contributed by atoms with Crippen LogP contribution < -0.4 is 9.47 Å². The summed E-state index contributed by atoms with van der Waals surface area (Å²) in [7, 11) is 2.99. The van der Waals surface area contributed by atoms with Gasteiger partial charge in [0, 0.05) is 10.9 Å². The summed E-state index contributed by atoms with van der Waals surface area (Å²) in [5.41, 5.74) is 1.38. The van der Waals surface area contributed by atoms with Crippen molar-refractivity contribution in [2.75, 3.05) is 14.2 Å². The number of benzene rings is 1. The van der Waals surface area contributed by atoms with E-state index < -0.39 is 17.7 Å². The molecular weight excluding hydrogens is 414 g/mol. The van der Waals surface area contributed by atoms with E-state index in [0.29, 0.717) is 11.5 Å². The van der Waals surface area contributed by atoms with Crippen LogP contribution in [0.3, 0.4) is 0 Å². The molecule has 6 nitrogen and oxygen atoms in total. The number of carbonyl (C=O) groups excluding carboxylic acids is 2. The molecule has 1 aromatic heterocycles. The molecule has 1 aromatic carbocycles. The molecule has 164 valence electrons. The monoisotopic (exact) mass is 441 g/mol. The molecule has 1 saturated heterocycles. The number of ether oxygens (including phenoxy) is 2. The smallest absolute Gasteiger partial charge is 0.295 e. The van der Waals surface area contributed by atoms with E-state index in [1.54, 1.807) is 23.1 Å². The summed E-state index contributed by atoms with van der Waals surface area (Å²) in [4.78, 5) is 29.2. The van der Waals surface area contributed by atoms with Gasteiger partial charge in [0.15, 0.2) is 0 Å². The summed E-state index contributed by atoms with van der Waals surface area (Å²) in [6.07, 6.45) is 4.94. The normalized spacial score (nSPS) is 21.5. The van der Waals surface area contributed by atoms with Gasteiger partial charge in [-0.1, -0.05) is 25.3 Å². The number of Topliss-reactive ketones (excluding diaryl/α,β-unsaturated/α-hetero) is 1. The Balaban J connectivity index is 1.94. The Morgan fingerprint density at radius 3 is 2.26 bits per heavy atom. The topological polar surface area (TPSA) is 76.1 Å². The van der Waals surface area contributed by atoms with Crippen molar-refractivity contribution in [3.05, 3.63) is 51.2 Å². The zero-order valence-electron chi connectivity index (χ0n) is 18.0. The summed E-state index contributed by atoms with van der Waals surface area (Å²) < 4.78 is 10.9. The number of methoxy groups -OCH3 is 2. The average Bonchev–Trinajstić information content (AvgIpc) is 3.33. The summed E-state index contributed by atoms with van der Waals surface area (Å²) in [6, 6.07) is 6.49. The average molecular weight is 442 g/mol. The van der Waals surface area contributed by atoms with Crippen molar-refractivity contribution in [2.24, 2.45) is 0 Å². The second-order valence-electron chi connectivity index (χ2n) is 8.00. The van der Waals surface area contributed by atoms with Crippen LogP contribution in [0.5, 0.6) is 11.5 Å². The van der Waals surface area contributed by atoms with Gasteiger partial charge in [-0.3, -0.25) is 9.59 Å². The van der Waals surface area contributed by atoms with Crippen LogP contribution in [0.15, 0.2) is 35.2 Å². The third kappa shape index (κ3) is 3.61. The maximum Gasteiger partial charge on any atom is 0.295 e. The fraction of sp³-hybridized carbons (Fsp3) is 0.417. The van der Waals surface area contributed by atoms with Gasteiger partial charge in [-0.15, -0.1) is 11.3 Å². The molecule has 2 aromatic rings. The number of aliphatic hydroxyl groups is 1. The van der Waals surface area contributed by atoms with Crippen LogP contribution in [0.4, 0.5) is 0 Å². The molecule has 0 bridgehead atoms. The molecule has 1 unspecified atom stereocenters. The molecule has 1 aliphatic heterocycles. The second kappa shape index (κ2) is 8.75. The van der Waals surface area contributed by atoms with Gasteiger partial charge in [-0.05, 0) is 48.9 Å². The lowest BCUT2D eigenvalue weighted by atomic mass is 9.92. The minimum absolute atomic E-state index is 0.0124. The minimum atomic E-state index is -0.658. The van der Waals surface area contributed by atoms with E-state index in [1.165, 1.54) is 25.6 Å². The maximum absolute atomic E-state index is 13.3. The highest BCUT2D eigenvalue weighted by Gasteiger charge is 2.50. The van der Waals surface area contributed by atoms with E-state index in [2.05, 4.69) is 0 Å². The number of thiophene rings is 1. The molecule has 1 N–H and O–H groups in total. The number of aliphatic hydroxyl groups excluding tert-OH is 1. The molecule has 1 saturated carbocycles. The van der Waals surface area contributed by atoms with Gasteiger partial charge in [-0.2, -0.15) is 0 Å². The lowest BCUT2D eigenvalue weighted by molar-refractivity contribution is -0.141. The van der Waals surface area contributed by atoms with Crippen molar-refractivity contribution in [1.82, 2.24) is 4.90 Å². The predicted molar refractivity (Wildman–Crippen MR) is 120 cm³/mol. The number of aryl methyl sites for hydroxylation is 1. The van der Waals surface area contributed by atoms with Crippen molar-refractivity contribution in [1.29, 1.82) is 0 Å². The molecule has 0 radical (unpaired) electrons. The lowest BCUT2D eigenvalue weighted by Crippen LogP contribution is -2.40. The van der Waals surface area contributed by atoms with Crippen LogP contribution in [0.1, 0.15) is 54.1 Å². The molecule has 31 heavy (non-hydrogen) atoms. The summed E-state index contributed by atoms with van der Waals surface area (Å²) in [5.74, 6) is -0.706. The fourth-order valence-corrected chi connectivity index (χ4v) is 5.76. The molecule has 2 fully saturated rings. The molecule has 4 rings (SSSR count). The summed E-state index contributed by atoms with van der Waals surface area (Å²) >= 11 is 1.50. The predicted octanol–water partition coefficient (Wildman–Crippen LogP) is 4.83. The largest absolute Gasteiger partial charge is 0.506 e. The molecule has 7 heteroatoms. The van der Waals surface area contributed by atoms with Crippen LogP contribution in [0.25, 0.3) is 5.76 Å². The van der Waals surface area contributed by atoms with E-state index in [1.807, 2.05) is 18.4 Å². The summed E-state index contributed by atoms with van der Waals surface area (Å²) in [6.45, 7) is 1.97. The first-order valence-corrected chi connectivity index (χ1v) is 11.4. The zero-order chi connectivity index (χ0) is 22.1. The first-order chi connectivity index (χ1) is 15.0. The van der Waals surface area contributed by atoms with Crippen molar-refractivity contribution in [3.63, 3.8) is 0 Å². The van der Waals surface area contributed by atoms with Gasteiger partial charge in [-0.25, -0.2) is 0 Å². The number of nitrogens with zero attached hydrogens (tertiary/aromatic N) is 1. The van der Waals surface area contributed by atoms with Gasteiger partial charge in [0.25, 0.3) is 11.7 Å². The van der Waals surface area contributed by atoms with E-state index in [0.717, 1.165) is 42.5 Å². The van der Waals surface area contributed by atoms with Crippen LogP contribution in [0.2, 0.25) is 0 Å². The maximum atomic E-state index is 13.3. The van der Waals surface area contributed by atoms with Crippen LogP contribution >= 0.6 is 11.3 Å². The Morgan fingerprint density at radius 2 is 1.71 bits per heavy atom. The number of amides is 1. The van der Waals surface area contributed by atoms with Crippen LogP contribution in [-0.2, 0) is 9.59 Å². The van der Waals surface area contributed by atoms with E-state index in [-0.39, 0.29) is 22.9 Å². The highest BCUT2D eigenvalue weighted by atomic mass is 32.1. The standard InChI is InChI=1S/C24H27NO5S/c1-14-12-13-31-23(14)20-19(21(26)18-16(29-2)10-7-11-17(18)30-3)22(27)24(28)25(20)15-8-5-4-6-9-15/h7,10-13,15,20,26H,4-6,8-9H2,1-3H3/b21-19+. The second-order valence-corrected chi connectivity index (χ2v) is 8.95. The Hall–Kier alpha value is -2.80. The van der Waals surface area contributed by atoms with Crippen molar-refractivity contribution in [3.8, 4) is 11.5 Å². The van der Waals surface area contributed by atoms with E-state index in [9.17, 15) is 14.7 Å². The van der Waals surface area contributed by atoms with E-state index >= 15 is 0 Å². The van der Waals surface area contributed by atoms with Gasteiger partial charge < -0.3 is 19.5 Å². The minimum Gasteiger partial charge on any atom is -0.506 e. The highest BCUT2D eigenvalue weighted by Crippen LogP contribution is 2.47. The third-order valence-corrected chi connectivity index (χ3v) is 7.33. The lowest BCUT2D eigenvalue weighted by Gasteiger charge is -2.35. The van der Waals surface area contributed by atoms with Crippen molar-refractivity contribution >= 4 is 28.8 Å². The quantitative estimate of drug-likeness (QED) is 0.409. The number of hydrogen-bond donors (Lipinski definition) is 1. The number of ketones is 1. The Labute approximate surface area is 186 Å². The van der Waals surface area contributed by atoms with Gasteiger partial charge >= 0.3 is 0 Å². The fourth-order valence-electron chi connectivity index (χ4n) is 4.73. The Bertz CT molecular complexity index is 1010. The zero-order valence-corrected chi connectivity index (χ0v) is 18.8. The van der Waals surface area contributed by atoms with Gasteiger partial charge in [0.05, 0.1) is 19.8 Å². The Kier molecular flexibility index (Phi) is 6.05. The van der Waals surface area contributed by atoms with E-state index in [4.69, 9.17) is 9.47 Å². The number of rotatable bonds is 5. The van der Waals surface area contributed by atoms with Gasteiger partial charge in [0.1, 0.15) is 28.9 Å². The Morgan fingerprint density at radius 1 is 1.06 bits per heavy atom. The molecule has 1 amide bonds. The van der Waals surface area contributed by atoms with Gasteiger partial charge in [0.2, 0.25) is 0 Å². The van der Waals surface area contributed by atoms with Crippen molar-refractivity contribution < 1.29 is 24.2 Å². The van der Waals surface area contributed by atoms with Crippen molar-refractivity contribution in [2.45, 2.75) is 51.1 Å². The first kappa shape index (κ1) is 21.4. The highest BCUT2D eigenvalue weighted by molar-refractivity contribution is 7.10.